The summed E-state index contributed by atoms with van der Waals surface area (Å²) in [6.07, 6.45) is 1.41. The van der Waals surface area contributed by atoms with E-state index < -0.39 is 23.3 Å². The van der Waals surface area contributed by atoms with E-state index in [2.05, 4.69) is 5.48 Å². The summed E-state index contributed by atoms with van der Waals surface area (Å²) >= 11 is 0. The lowest BCUT2D eigenvalue weighted by molar-refractivity contribution is -0.187. The Hall–Kier alpha value is -1.34. The van der Waals surface area contributed by atoms with E-state index in [0.717, 1.165) is 12.8 Å². The molecule has 0 saturated heterocycles. The number of aliphatic carboxylic acids is 1. The highest BCUT2D eigenvalue weighted by Gasteiger charge is 2.46. The number of carboxylic acid groups (broad SMARTS) is 1. The number of hydrogen-bond acceptors (Lipinski definition) is 5. The molecule has 1 aliphatic carbocycles. The van der Waals surface area contributed by atoms with Gasteiger partial charge in [0, 0.05) is 7.11 Å². The number of hydroxylamine groups is 1. The summed E-state index contributed by atoms with van der Waals surface area (Å²) in [6, 6.07) is 0. The summed E-state index contributed by atoms with van der Waals surface area (Å²) in [4.78, 5) is 28.2. The van der Waals surface area contributed by atoms with Gasteiger partial charge in [-0.2, -0.15) is 5.48 Å². The Kier molecular flexibility index (Phi) is 5.35. The van der Waals surface area contributed by atoms with Crippen LogP contribution in [0.2, 0.25) is 0 Å². The number of hydrogen-bond donors (Lipinski definition) is 2. The molecule has 1 fully saturated rings. The summed E-state index contributed by atoms with van der Waals surface area (Å²) < 4.78 is 9.94. The predicted molar refractivity (Wildman–Crippen MR) is 70.0 cm³/mol. The van der Waals surface area contributed by atoms with Gasteiger partial charge in [-0.15, -0.1) is 0 Å². The Bertz CT molecular complexity index is 360. The van der Waals surface area contributed by atoms with Crippen LogP contribution in [0.5, 0.6) is 0 Å². The lowest BCUT2D eigenvalue weighted by Crippen LogP contribution is -2.51. The summed E-state index contributed by atoms with van der Waals surface area (Å²) in [5, 5.41) is 9.38. The molecule has 7 nitrogen and oxygen atoms in total. The van der Waals surface area contributed by atoms with Crippen molar-refractivity contribution in [1.29, 1.82) is 0 Å². The van der Waals surface area contributed by atoms with Crippen molar-refractivity contribution in [3.05, 3.63) is 0 Å². The maximum Gasteiger partial charge on any atom is 0.431 e. The second-order valence-corrected chi connectivity index (χ2v) is 6.09. The van der Waals surface area contributed by atoms with Gasteiger partial charge in [-0.1, -0.05) is 12.8 Å². The summed E-state index contributed by atoms with van der Waals surface area (Å²) in [6.45, 7) is 4.97. The van der Waals surface area contributed by atoms with Crippen LogP contribution in [0.4, 0.5) is 4.79 Å². The standard InChI is InChI=1S/C13H23NO6/c1-12(2,3)19-11(17)14-20-13(8-18-4,10(15)16)7-9-5-6-9/h9H,5-8H2,1-4H3,(H,14,17)(H,15,16)/t13-/m0/s1. The number of nitrogens with one attached hydrogen (secondary N) is 1. The molecule has 0 aromatic heterocycles. The van der Waals surface area contributed by atoms with Crippen molar-refractivity contribution in [2.75, 3.05) is 13.7 Å². The van der Waals surface area contributed by atoms with Crippen molar-refractivity contribution in [3.63, 3.8) is 0 Å². The SMILES string of the molecule is COC[C@](CC1CC1)(ONC(=O)OC(C)(C)C)C(=O)O. The topological polar surface area (TPSA) is 94.1 Å². The molecule has 116 valence electrons. The van der Waals surface area contributed by atoms with Gasteiger partial charge in [0.2, 0.25) is 5.60 Å². The number of methoxy groups -OCH3 is 1. The van der Waals surface area contributed by atoms with Gasteiger partial charge in [-0.05, 0) is 33.1 Å². The van der Waals surface area contributed by atoms with E-state index >= 15 is 0 Å². The number of amides is 1. The van der Waals surface area contributed by atoms with Gasteiger partial charge in [0.25, 0.3) is 0 Å². The smallest absolute Gasteiger partial charge is 0.431 e. The molecule has 0 bridgehead atoms. The molecule has 0 spiro atoms. The Morgan fingerprint density at radius 1 is 1.30 bits per heavy atom. The molecule has 1 saturated carbocycles. The van der Waals surface area contributed by atoms with Gasteiger partial charge in [-0.25, -0.2) is 14.4 Å². The van der Waals surface area contributed by atoms with E-state index in [4.69, 9.17) is 14.3 Å². The third-order valence-corrected chi connectivity index (χ3v) is 2.81. The van der Waals surface area contributed by atoms with Gasteiger partial charge in [-0.3, -0.25) is 0 Å². The monoisotopic (exact) mass is 289 g/mol. The lowest BCUT2D eigenvalue weighted by Gasteiger charge is -2.29. The normalized spacial score (nSPS) is 18.2. The minimum Gasteiger partial charge on any atom is -0.479 e. The fourth-order valence-electron chi connectivity index (χ4n) is 1.78. The van der Waals surface area contributed by atoms with E-state index in [1.54, 1.807) is 20.8 Å². The molecule has 1 rings (SSSR count). The van der Waals surface area contributed by atoms with E-state index in [0.29, 0.717) is 12.3 Å². The third-order valence-electron chi connectivity index (χ3n) is 2.81. The molecule has 1 amide bonds. The Balaban J connectivity index is 2.63. The zero-order valence-electron chi connectivity index (χ0n) is 12.4. The number of rotatable bonds is 7. The van der Waals surface area contributed by atoms with Crippen LogP contribution in [0.3, 0.4) is 0 Å². The van der Waals surface area contributed by atoms with Crippen molar-refractivity contribution < 1.29 is 29.0 Å². The third kappa shape index (κ3) is 5.34. The molecule has 1 atom stereocenters. The highest BCUT2D eigenvalue weighted by Crippen LogP contribution is 2.38. The zero-order valence-corrected chi connectivity index (χ0v) is 12.4. The largest absolute Gasteiger partial charge is 0.479 e. The molecule has 0 radical (unpaired) electrons. The first kappa shape index (κ1) is 16.7. The van der Waals surface area contributed by atoms with Crippen LogP contribution in [0, 0.1) is 5.92 Å². The average molecular weight is 289 g/mol. The van der Waals surface area contributed by atoms with Gasteiger partial charge in [0.05, 0.1) is 6.61 Å². The van der Waals surface area contributed by atoms with Gasteiger partial charge < -0.3 is 14.6 Å². The van der Waals surface area contributed by atoms with Crippen LogP contribution in [0.25, 0.3) is 0 Å². The van der Waals surface area contributed by atoms with Crippen LogP contribution in [0.1, 0.15) is 40.0 Å². The lowest BCUT2D eigenvalue weighted by atomic mass is 9.98. The molecule has 0 heterocycles. The van der Waals surface area contributed by atoms with Crippen molar-refractivity contribution in [2.24, 2.45) is 5.92 Å². The van der Waals surface area contributed by atoms with Crippen LogP contribution in [-0.4, -0.2) is 42.1 Å². The second-order valence-electron chi connectivity index (χ2n) is 6.09. The highest BCUT2D eigenvalue weighted by molar-refractivity contribution is 5.78. The number of carbonyl (C=O) groups excluding carboxylic acids is 1. The Labute approximate surface area is 118 Å². The second kappa shape index (κ2) is 6.41. The maximum atomic E-state index is 11.5. The molecule has 0 aliphatic heterocycles. The van der Waals surface area contributed by atoms with Crippen LogP contribution in [-0.2, 0) is 19.1 Å². The Morgan fingerprint density at radius 2 is 1.90 bits per heavy atom. The van der Waals surface area contributed by atoms with Crippen molar-refractivity contribution in [1.82, 2.24) is 5.48 Å². The molecule has 0 aromatic rings. The first-order valence-corrected chi connectivity index (χ1v) is 6.58. The van der Waals surface area contributed by atoms with Gasteiger partial charge >= 0.3 is 12.1 Å². The summed E-state index contributed by atoms with van der Waals surface area (Å²) in [5.74, 6) is -0.871. The first-order chi connectivity index (χ1) is 9.18. The number of carbonyl (C=O) groups is 2. The number of carboxylic acids is 1. The highest BCUT2D eigenvalue weighted by atomic mass is 16.7. The van der Waals surface area contributed by atoms with E-state index in [1.165, 1.54) is 7.11 Å². The molecule has 0 unspecified atom stereocenters. The molecule has 7 heteroatoms. The van der Waals surface area contributed by atoms with Crippen molar-refractivity contribution in [2.45, 2.75) is 51.2 Å². The fraction of sp³-hybridized carbons (Fsp3) is 0.846. The van der Waals surface area contributed by atoms with Crippen molar-refractivity contribution in [3.8, 4) is 0 Å². The van der Waals surface area contributed by atoms with Gasteiger partial charge in [0.15, 0.2) is 0 Å². The summed E-state index contributed by atoms with van der Waals surface area (Å²) in [5.41, 5.74) is -0.203. The first-order valence-electron chi connectivity index (χ1n) is 6.58. The molecule has 1 aliphatic rings. The van der Waals surface area contributed by atoms with Gasteiger partial charge in [0.1, 0.15) is 5.60 Å². The van der Waals surface area contributed by atoms with Crippen LogP contribution >= 0.6 is 0 Å². The fourth-order valence-corrected chi connectivity index (χ4v) is 1.78. The van der Waals surface area contributed by atoms with Crippen LogP contribution < -0.4 is 5.48 Å². The minimum absolute atomic E-state index is 0.144. The average Bonchev–Trinajstić information content (AvgIpc) is 3.07. The molecular formula is C13H23NO6. The predicted octanol–water partition coefficient (Wildman–Crippen LogP) is 1.71. The van der Waals surface area contributed by atoms with Crippen LogP contribution in [0.15, 0.2) is 0 Å². The minimum atomic E-state index is -1.58. The zero-order chi connectivity index (χ0) is 15.4. The van der Waals surface area contributed by atoms with E-state index in [1.807, 2.05) is 0 Å². The molecule has 20 heavy (non-hydrogen) atoms. The molecule has 0 aromatic carbocycles. The summed E-state index contributed by atoms with van der Waals surface area (Å²) in [7, 11) is 1.39. The molecule has 2 N–H and O–H groups in total. The quantitative estimate of drug-likeness (QED) is 0.693. The van der Waals surface area contributed by atoms with E-state index in [9.17, 15) is 14.7 Å². The molecular weight excluding hydrogens is 266 g/mol. The van der Waals surface area contributed by atoms with E-state index in [-0.39, 0.29) is 6.61 Å². The Morgan fingerprint density at radius 3 is 2.30 bits per heavy atom. The number of ether oxygens (including phenoxy) is 2. The maximum absolute atomic E-state index is 11.5. The van der Waals surface area contributed by atoms with Crippen molar-refractivity contribution >= 4 is 12.1 Å².